The molecule has 1 N–H and O–H groups in total. The Hall–Kier alpha value is -1.34. The van der Waals surface area contributed by atoms with Gasteiger partial charge in [0.25, 0.3) is 5.91 Å². The molecule has 0 bridgehead atoms. The monoisotopic (exact) mass is 261 g/mol. The first-order chi connectivity index (χ1) is 7.86. The van der Waals surface area contributed by atoms with Crippen LogP contribution in [0.15, 0.2) is 21.6 Å². The number of hydrogen-bond acceptors (Lipinski definition) is 4. The highest BCUT2D eigenvalue weighted by Gasteiger charge is 2.20. The minimum atomic E-state index is -4.40. The maximum atomic E-state index is 11.7. The molecule has 0 aliphatic heterocycles. The van der Waals surface area contributed by atoms with Crippen molar-refractivity contribution in [2.45, 2.75) is 24.9 Å². The average molecular weight is 261 g/mol. The topological polar surface area (TPSA) is 87.8 Å². The molecule has 6 nitrogen and oxygen atoms in total. The highest BCUT2D eigenvalue weighted by molar-refractivity contribution is 7.85. The van der Waals surface area contributed by atoms with E-state index in [1.54, 1.807) is 7.05 Å². The Morgan fingerprint density at radius 2 is 2.12 bits per heavy atom. The molecule has 0 saturated carbocycles. The van der Waals surface area contributed by atoms with Crippen LogP contribution in [-0.2, 0) is 10.1 Å². The van der Waals surface area contributed by atoms with E-state index in [4.69, 9.17) is 8.97 Å². The number of furan rings is 1. The van der Waals surface area contributed by atoms with Crippen LogP contribution >= 0.6 is 0 Å². The van der Waals surface area contributed by atoms with Crippen LogP contribution < -0.4 is 0 Å². The van der Waals surface area contributed by atoms with Gasteiger partial charge in [0, 0.05) is 13.6 Å². The van der Waals surface area contributed by atoms with Gasteiger partial charge in [0.1, 0.15) is 0 Å². The number of amides is 1. The minimum absolute atomic E-state index is 0.101. The van der Waals surface area contributed by atoms with Crippen molar-refractivity contribution in [1.82, 2.24) is 4.90 Å². The van der Waals surface area contributed by atoms with Gasteiger partial charge < -0.3 is 9.32 Å². The van der Waals surface area contributed by atoms with Crippen LogP contribution in [0.4, 0.5) is 0 Å². The third-order valence-electron chi connectivity index (χ3n) is 2.24. The van der Waals surface area contributed by atoms with E-state index in [0.717, 1.165) is 18.9 Å². The quantitative estimate of drug-likeness (QED) is 0.809. The second kappa shape index (κ2) is 5.33. The fourth-order valence-corrected chi connectivity index (χ4v) is 1.69. The molecule has 1 heterocycles. The van der Waals surface area contributed by atoms with Crippen LogP contribution in [0.5, 0.6) is 0 Å². The summed E-state index contributed by atoms with van der Waals surface area (Å²) in [7, 11) is -2.79. The number of nitrogens with zero attached hydrogens (tertiary/aromatic N) is 1. The molecule has 1 aromatic heterocycles. The van der Waals surface area contributed by atoms with Gasteiger partial charge in [0.15, 0.2) is 5.76 Å². The third kappa shape index (κ3) is 3.57. The zero-order chi connectivity index (χ0) is 13.1. The minimum Gasteiger partial charge on any atom is -0.437 e. The lowest BCUT2D eigenvalue weighted by Gasteiger charge is -2.14. The number of carbonyl (C=O) groups excluding carboxylic acids is 1. The van der Waals surface area contributed by atoms with Gasteiger partial charge in [-0.1, -0.05) is 13.3 Å². The van der Waals surface area contributed by atoms with E-state index in [2.05, 4.69) is 0 Å². The molecule has 0 aromatic carbocycles. The molecule has 0 saturated heterocycles. The van der Waals surface area contributed by atoms with Crippen molar-refractivity contribution < 1.29 is 22.2 Å². The summed E-state index contributed by atoms with van der Waals surface area (Å²) < 4.78 is 35.0. The maximum Gasteiger partial charge on any atom is 0.328 e. The van der Waals surface area contributed by atoms with Crippen molar-refractivity contribution in [3.05, 3.63) is 17.9 Å². The van der Waals surface area contributed by atoms with Gasteiger partial charge in [-0.2, -0.15) is 8.42 Å². The highest BCUT2D eigenvalue weighted by atomic mass is 32.2. The molecule has 1 rings (SSSR count). The van der Waals surface area contributed by atoms with Crippen molar-refractivity contribution in [2.75, 3.05) is 13.6 Å². The molecule has 1 aromatic rings. The molecule has 1 amide bonds. The first-order valence-corrected chi connectivity index (χ1v) is 6.63. The summed E-state index contributed by atoms with van der Waals surface area (Å²) in [6.07, 6.45) is 1.81. The summed E-state index contributed by atoms with van der Waals surface area (Å²) in [5.74, 6) is -0.510. The number of hydrogen-bond donors (Lipinski definition) is 1. The highest BCUT2D eigenvalue weighted by Crippen LogP contribution is 2.15. The SMILES string of the molecule is CCCCN(C)C(=O)c1ccc(S(=O)(=O)O)o1. The zero-order valence-corrected chi connectivity index (χ0v) is 10.5. The fraction of sp³-hybridized carbons (Fsp3) is 0.500. The molecule has 0 aliphatic carbocycles. The zero-order valence-electron chi connectivity index (χ0n) is 9.71. The predicted octanol–water partition coefficient (Wildman–Crippen LogP) is 1.40. The Morgan fingerprint density at radius 1 is 1.47 bits per heavy atom. The summed E-state index contributed by atoms with van der Waals surface area (Å²) >= 11 is 0. The maximum absolute atomic E-state index is 11.7. The number of rotatable bonds is 5. The Morgan fingerprint density at radius 3 is 2.59 bits per heavy atom. The van der Waals surface area contributed by atoms with Crippen molar-refractivity contribution >= 4 is 16.0 Å². The van der Waals surface area contributed by atoms with Crippen LogP contribution in [0.3, 0.4) is 0 Å². The Labute approximate surface area is 100.0 Å². The molecule has 7 heteroatoms. The van der Waals surface area contributed by atoms with E-state index in [-0.39, 0.29) is 5.76 Å². The first kappa shape index (κ1) is 13.7. The molecule has 0 radical (unpaired) electrons. The lowest BCUT2D eigenvalue weighted by atomic mass is 10.3. The standard InChI is InChI=1S/C10H15NO5S/c1-3-4-7-11(2)10(12)8-5-6-9(16-8)17(13,14)15/h5-6H,3-4,7H2,1-2H3,(H,13,14,15). The predicted molar refractivity (Wildman–Crippen MR) is 60.4 cm³/mol. The van der Waals surface area contributed by atoms with E-state index in [9.17, 15) is 13.2 Å². The van der Waals surface area contributed by atoms with Gasteiger partial charge >= 0.3 is 10.1 Å². The lowest BCUT2D eigenvalue weighted by molar-refractivity contribution is 0.0756. The van der Waals surface area contributed by atoms with Gasteiger partial charge in [-0.05, 0) is 18.6 Å². The Balaban J connectivity index is 2.80. The Bertz CT molecular complexity index is 491. The van der Waals surface area contributed by atoms with Crippen LogP contribution in [0.2, 0.25) is 0 Å². The third-order valence-corrected chi connectivity index (χ3v) is 2.97. The van der Waals surface area contributed by atoms with Gasteiger partial charge in [-0.25, -0.2) is 0 Å². The summed E-state index contributed by atoms with van der Waals surface area (Å²) in [4.78, 5) is 13.2. The molecular weight excluding hydrogens is 246 g/mol. The van der Waals surface area contributed by atoms with Crippen molar-refractivity contribution in [2.24, 2.45) is 0 Å². The second-order valence-electron chi connectivity index (χ2n) is 3.67. The Kier molecular flexibility index (Phi) is 4.30. The van der Waals surface area contributed by atoms with E-state index in [1.165, 1.54) is 11.0 Å². The normalized spacial score (nSPS) is 11.5. The molecule has 17 heavy (non-hydrogen) atoms. The van der Waals surface area contributed by atoms with Gasteiger partial charge in [0.2, 0.25) is 5.09 Å². The largest absolute Gasteiger partial charge is 0.437 e. The van der Waals surface area contributed by atoms with E-state index in [1.807, 2.05) is 6.92 Å². The van der Waals surface area contributed by atoms with E-state index < -0.39 is 21.1 Å². The second-order valence-corrected chi connectivity index (χ2v) is 5.03. The van der Waals surface area contributed by atoms with E-state index >= 15 is 0 Å². The number of carbonyl (C=O) groups is 1. The molecule has 96 valence electrons. The van der Waals surface area contributed by atoms with Gasteiger partial charge in [-0.3, -0.25) is 9.35 Å². The summed E-state index contributed by atoms with van der Waals surface area (Å²) in [6, 6.07) is 2.28. The average Bonchev–Trinajstić information content (AvgIpc) is 2.73. The lowest BCUT2D eigenvalue weighted by Crippen LogP contribution is -2.27. The molecule has 0 aliphatic rings. The van der Waals surface area contributed by atoms with Crippen molar-refractivity contribution in [3.8, 4) is 0 Å². The first-order valence-electron chi connectivity index (χ1n) is 5.19. The van der Waals surface area contributed by atoms with Crippen molar-refractivity contribution in [1.29, 1.82) is 0 Å². The van der Waals surface area contributed by atoms with Crippen LogP contribution in [0.1, 0.15) is 30.3 Å². The van der Waals surface area contributed by atoms with Crippen molar-refractivity contribution in [3.63, 3.8) is 0 Å². The molecular formula is C10H15NO5S. The summed E-state index contributed by atoms with van der Waals surface area (Å²) in [5, 5.41) is -0.621. The van der Waals surface area contributed by atoms with Crippen LogP contribution in [-0.4, -0.2) is 37.4 Å². The number of unbranched alkanes of at least 4 members (excludes halogenated alkanes) is 1. The molecule has 0 fully saturated rings. The summed E-state index contributed by atoms with van der Waals surface area (Å²) in [6.45, 7) is 2.57. The smallest absolute Gasteiger partial charge is 0.328 e. The van der Waals surface area contributed by atoms with E-state index in [0.29, 0.717) is 6.54 Å². The van der Waals surface area contributed by atoms with Gasteiger partial charge in [-0.15, -0.1) is 0 Å². The summed E-state index contributed by atoms with van der Waals surface area (Å²) in [5.41, 5.74) is 0. The van der Waals surface area contributed by atoms with Crippen LogP contribution in [0, 0.1) is 0 Å². The fourth-order valence-electron chi connectivity index (χ4n) is 1.26. The molecule has 0 spiro atoms. The van der Waals surface area contributed by atoms with Gasteiger partial charge in [0.05, 0.1) is 0 Å². The molecule has 0 unspecified atom stereocenters. The van der Waals surface area contributed by atoms with Crippen LogP contribution in [0.25, 0.3) is 0 Å². The molecule has 0 atom stereocenters.